The van der Waals surface area contributed by atoms with Gasteiger partial charge in [-0.2, -0.15) is 0 Å². The maximum absolute atomic E-state index is 12.7. The monoisotopic (exact) mass is 359 g/mol. The van der Waals surface area contributed by atoms with E-state index in [-0.39, 0.29) is 23.2 Å². The topological polar surface area (TPSA) is 62.3 Å². The van der Waals surface area contributed by atoms with E-state index < -0.39 is 0 Å². The highest BCUT2D eigenvalue weighted by Gasteiger charge is 2.17. The van der Waals surface area contributed by atoms with Gasteiger partial charge in [-0.1, -0.05) is 54.1 Å². The largest absolute Gasteiger partial charge is 0.347 e. The van der Waals surface area contributed by atoms with Crippen molar-refractivity contribution in [1.29, 1.82) is 0 Å². The molecule has 0 unspecified atom stereocenters. The molecule has 3 aromatic rings. The number of rotatable bonds is 5. The summed E-state index contributed by atoms with van der Waals surface area (Å²) in [6.45, 7) is 2.42. The summed E-state index contributed by atoms with van der Waals surface area (Å²) in [5.41, 5.74) is 3.38. The highest BCUT2D eigenvalue weighted by molar-refractivity contribution is 6.05. The summed E-state index contributed by atoms with van der Waals surface area (Å²) in [4.78, 5) is 30.8. The van der Waals surface area contributed by atoms with Gasteiger partial charge in [-0.25, -0.2) is 4.98 Å². The summed E-state index contributed by atoms with van der Waals surface area (Å²) < 4.78 is 0. The van der Waals surface area contributed by atoms with Crippen LogP contribution < -0.4 is 10.2 Å². The number of hydrogen-bond acceptors (Lipinski definition) is 3. The molecule has 5 nitrogen and oxygen atoms in total. The molecule has 0 radical (unpaired) electrons. The molecule has 0 aliphatic heterocycles. The second kappa shape index (κ2) is 8.27. The lowest BCUT2D eigenvalue weighted by atomic mass is 10.1. The maximum Gasteiger partial charge on any atom is 0.276 e. The predicted octanol–water partition coefficient (Wildman–Crippen LogP) is 3.60. The molecule has 0 aliphatic rings. The SMILES string of the molecule is Cc1ccc(CNC(=O)c2cccc(C(=O)N(C)c3ccccc3)n2)cc1. The number of anilines is 1. The second-order valence-corrected chi connectivity index (χ2v) is 6.28. The number of aromatic nitrogens is 1. The zero-order chi connectivity index (χ0) is 19.2. The standard InChI is InChI=1S/C22H21N3O2/c1-16-11-13-17(14-12-16)15-23-21(26)19-9-6-10-20(24-19)22(27)25(2)18-7-4-3-5-8-18/h3-14H,15H2,1-2H3,(H,23,26). The van der Waals surface area contributed by atoms with Crippen LogP contribution >= 0.6 is 0 Å². The molecule has 2 amide bonds. The lowest BCUT2D eigenvalue weighted by molar-refractivity contribution is 0.0945. The summed E-state index contributed by atoms with van der Waals surface area (Å²) >= 11 is 0. The van der Waals surface area contributed by atoms with E-state index in [9.17, 15) is 9.59 Å². The third-order valence-corrected chi connectivity index (χ3v) is 4.22. The van der Waals surface area contributed by atoms with Gasteiger partial charge in [0.15, 0.2) is 0 Å². The first kappa shape index (κ1) is 18.3. The average molecular weight is 359 g/mol. The van der Waals surface area contributed by atoms with Gasteiger partial charge in [0.05, 0.1) is 0 Å². The molecule has 5 heteroatoms. The van der Waals surface area contributed by atoms with Crippen LogP contribution in [0.2, 0.25) is 0 Å². The fourth-order valence-corrected chi connectivity index (χ4v) is 2.60. The Labute approximate surface area is 158 Å². The number of carbonyl (C=O) groups is 2. The van der Waals surface area contributed by atoms with Crippen molar-refractivity contribution in [2.24, 2.45) is 0 Å². The summed E-state index contributed by atoms with van der Waals surface area (Å²) in [5, 5.41) is 2.84. The van der Waals surface area contributed by atoms with E-state index in [0.717, 1.165) is 11.3 Å². The molecule has 3 rings (SSSR count). The molecule has 1 N–H and O–H groups in total. The van der Waals surface area contributed by atoms with Crippen molar-refractivity contribution in [1.82, 2.24) is 10.3 Å². The normalized spacial score (nSPS) is 10.3. The van der Waals surface area contributed by atoms with Crippen molar-refractivity contribution in [2.45, 2.75) is 13.5 Å². The zero-order valence-corrected chi connectivity index (χ0v) is 15.3. The molecular weight excluding hydrogens is 338 g/mol. The number of nitrogens with one attached hydrogen (secondary N) is 1. The summed E-state index contributed by atoms with van der Waals surface area (Å²) in [6.07, 6.45) is 0. The Morgan fingerprint density at radius 1 is 0.889 bits per heavy atom. The van der Waals surface area contributed by atoms with E-state index in [1.807, 2.05) is 61.5 Å². The number of aryl methyl sites for hydroxylation is 1. The smallest absolute Gasteiger partial charge is 0.276 e. The Morgan fingerprint density at radius 2 is 1.56 bits per heavy atom. The molecule has 2 aromatic carbocycles. The molecule has 27 heavy (non-hydrogen) atoms. The van der Waals surface area contributed by atoms with Gasteiger partial charge in [-0.15, -0.1) is 0 Å². The zero-order valence-electron chi connectivity index (χ0n) is 15.3. The van der Waals surface area contributed by atoms with Gasteiger partial charge >= 0.3 is 0 Å². The van der Waals surface area contributed by atoms with Crippen molar-refractivity contribution in [3.05, 3.63) is 95.3 Å². The highest BCUT2D eigenvalue weighted by Crippen LogP contribution is 2.14. The molecule has 0 fully saturated rings. The van der Waals surface area contributed by atoms with Crippen LogP contribution in [0, 0.1) is 6.92 Å². The maximum atomic E-state index is 12.7. The van der Waals surface area contributed by atoms with E-state index in [1.54, 1.807) is 25.2 Å². The summed E-state index contributed by atoms with van der Waals surface area (Å²) in [7, 11) is 1.68. The Morgan fingerprint density at radius 3 is 2.26 bits per heavy atom. The lowest BCUT2D eigenvalue weighted by Crippen LogP contribution is -2.29. The third kappa shape index (κ3) is 4.58. The van der Waals surface area contributed by atoms with E-state index in [1.165, 1.54) is 10.5 Å². The second-order valence-electron chi connectivity index (χ2n) is 6.28. The van der Waals surface area contributed by atoms with Crippen molar-refractivity contribution in [3.63, 3.8) is 0 Å². The minimum atomic E-state index is -0.312. The van der Waals surface area contributed by atoms with Crippen LogP contribution in [-0.2, 0) is 6.54 Å². The Kier molecular flexibility index (Phi) is 5.61. The van der Waals surface area contributed by atoms with Gasteiger partial charge in [0.1, 0.15) is 11.4 Å². The molecule has 1 aromatic heterocycles. The Balaban J connectivity index is 1.70. The number of hydrogen-bond donors (Lipinski definition) is 1. The predicted molar refractivity (Wildman–Crippen MR) is 106 cm³/mol. The van der Waals surface area contributed by atoms with Crippen LogP contribution in [-0.4, -0.2) is 23.8 Å². The molecule has 0 saturated heterocycles. The minimum Gasteiger partial charge on any atom is -0.347 e. The lowest BCUT2D eigenvalue weighted by Gasteiger charge is -2.17. The van der Waals surface area contributed by atoms with Crippen molar-refractivity contribution in [3.8, 4) is 0 Å². The average Bonchev–Trinajstić information content (AvgIpc) is 2.72. The Bertz CT molecular complexity index is 937. The molecular formula is C22H21N3O2. The molecule has 0 aliphatic carbocycles. The molecule has 0 saturated carbocycles. The van der Waals surface area contributed by atoms with E-state index >= 15 is 0 Å². The molecule has 0 atom stereocenters. The van der Waals surface area contributed by atoms with E-state index in [0.29, 0.717) is 6.54 Å². The summed E-state index contributed by atoms with van der Waals surface area (Å²) in [6, 6.07) is 22.1. The van der Waals surface area contributed by atoms with E-state index in [4.69, 9.17) is 0 Å². The molecule has 136 valence electrons. The number of nitrogens with zero attached hydrogens (tertiary/aromatic N) is 2. The van der Waals surface area contributed by atoms with Crippen LogP contribution in [0.4, 0.5) is 5.69 Å². The van der Waals surface area contributed by atoms with Gasteiger partial charge < -0.3 is 10.2 Å². The van der Waals surface area contributed by atoms with Crippen LogP contribution in [0.1, 0.15) is 32.1 Å². The van der Waals surface area contributed by atoms with Gasteiger partial charge in [-0.05, 0) is 36.8 Å². The molecule has 0 spiro atoms. The first-order chi connectivity index (χ1) is 13.0. The van der Waals surface area contributed by atoms with Crippen molar-refractivity contribution in [2.75, 3.05) is 11.9 Å². The van der Waals surface area contributed by atoms with E-state index in [2.05, 4.69) is 10.3 Å². The van der Waals surface area contributed by atoms with Gasteiger partial charge in [0.25, 0.3) is 11.8 Å². The fraction of sp³-hybridized carbons (Fsp3) is 0.136. The van der Waals surface area contributed by atoms with Crippen molar-refractivity contribution >= 4 is 17.5 Å². The number of carbonyl (C=O) groups excluding carboxylic acids is 2. The molecule has 0 bridgehead atoms. The minimum absolute atomic E-state index is 0.217. The van der Waals surface area contributed by atoms with Crippen LogP contribution in [0.25, 0.3) is 0 Å². The van der Waals surface area contributed by atoms with Gasteiger partial charge in [0.2, 0.25) is 0 Å². The first-order valence-corrected chi connectivity index (χ1v) is 8.68. The van der Waals surface area contributed by atoms with Crippen LogP contribution in [0.5, 0.6) is 0 Å². The Hall–Kier alpha value is -3.47. The molecule has 1 heterocycles. The third-order valence-electron chi connectivity index (χ3n) is 4.22. The quantitative estimate of drug-likeness (QED) is 0.757. The number of para-hydroxylation sites is 1. The van der Waals surface area contributed by atoms with Gasteiger partial charge in [0, 0.05) is 19.3 Å². The number of pyridine rings is 1. The first-order valence-electron chi connectivity index (χ1n) is 8.68. The summed E-state index contributed by atoms with van der Waals surface area (Å²) in [5.74, 6) is -0.582. The van der Waals surface area contributed by atoms with Gasteiger partial charge in [-0.3, -0.25) is 9.59 Å². The number of benzene rings is 2. The highest BCUT2D eigenvalue weighted by atomic mass is 16.2. The van der Waals surface area contributed by atoms with Crippen LogP contribution in [0.3, 0.4) is 0 Å². The van der Waals surface area contributed by atoms with Crippen LogP contribution in [0.15, 0.2) is 72.8 Å². The van der Waals surface area contributed by atoms with Crippen molar-refractivity contribution < 1.29 is 9.59 Å². The number of amides is 2. The fourth-order valence-electron chi connectivity index (χ4n) is 2.60.